The van der Waals surface area contributed by atoms with Crippen molar-refractivity contribution in [3.8, 4) is 0 Å². The molecular formula is C17H28O6. The van der Waals surface area contributed by atoms with E-state index >= 15 is 0 Å². The number of rotatable bonds is 4. The van der Waals surface area contributed by atoms with E-state index < -0.39 is 17.9 Å². The van der Waals surface area contributed by atoms with Gasteiger partial charge < -0.3 is 28.4 Å². The molecule has 0 aliphatic carbocycles. The Kier molecular flexibility index (Phi) is 4.59. The number of allylic oxidation sites excluding steroid dienone is 1. The van der Waals surface area contributed by atoms with E-state index in [0.29, 0.717) is 13.2 Å². The lowest BCUT2D eigenvalue weighted by Gasteiger charge is -2.28. The Labute approximate surface area is 138 Å². The van der Waals surface area contributed by atoms with E-state index in [9.17, 15) is 0 Å². The highest BCUT2D eigenvalue weighted by molar-refractivity contribution is 5.00. The summed E-state index contributed by atoms with van der Waals surface area (Å²) in [4.78, 5) is 0. The molecule has 0 unspecified atom stereocenters. The minimum Gasteiger partial charge on any atom is -0.368 e. The topological polar surface area (TPSA) is 55.4 Å². The summed E-state index contributed by atoms with van der Waals surface area (Å²) < 4.78 is 35.6. The highest BCUT2D eigenvalue weighted by Gasteiger charge is 2.58. The van der Waals surface area contributed by atoms with E-state index in [1.807, 2.05) is 47.6 Å². The Hall–Kier alpha value is -0.500. The third kappa shape index (κ3) is 3.78. The maximum atomic E-state index is 6.07. The fourth-order valence-electron chi connectivity index (χ4n) is 3.20. The van der Waals surface area contributed by atoms with Gasteiger partial charge in [-0.05, 0) is 41.5 Å². The van der Waals surface area contributed by atoms with E-state index in [2.05, 4.69) is 0 Å². The van der Waals surface area contributed by atoms with Crippen molar-refractivity contribution in [1.82, 2.24) is 0 Å². The third-order valence-corrected chi connectivity index (χ3v) is 4.20. The summed E-state index contributed by atoms with van der Waals surface area (Å²) in [6, 6.07) is 0. The molecule has 5 atom stereocenters. The summed E-state index contributed by atoms with van der Waals surface area (Å²) in [6.45, 7) is 12.6. The van der Waals surface area contributed by atoms with Gasteiger partial charge in [-0.25, -0.2) is 0 Å². The molecule has 0 aromatic rings. The van der Waals surface area contributed by atoms with E-state index in [1.54, 1.807) is 0 Å². The molecule has 0 radical (unpaired) electrons. The lowest BCUT2D eigenvalue weighted by atomic mass is 10.1. The summed E-state index contributed by atoms with van der Waals surface area (Å²) in [5, 5.41) is 0. The fourth-order valence-corrected chi connectivity index (χ4v) is 3.20. The predicted octanol–water partition coefficient (Wildman–Crippen LogP) is 2.37. The maximum absolute atomic E-state index is 6.07. The van der Waals surface area contributed by atoms with Crippen LogP contribution in [-0.2, 0) is 28.4 Å². The Morgan fingerprint density at radius 2 is 1.78 bits per heavy atom. The average molecular weight is 328 g/mol. The van der Waals surface area contributed by atoms with E-state index in [-0.39, 0.29) is 24.4 Å². The van der Waals surface area contributed by atoms with Crippen LogP contribution >= 0.6 is 0 Å². The van der Waals surface area contributed by atoms with Crippen LogP contribution in [0.3, 0.4) is 0 Å². The minimum atomic E-state index is -0.662. The molecule has 0 bridgehead atoms. The highest BCUT2D eigenvalue weighted by atomic mass is 16.8. The van der Waals surface area contributed by atoms with Crippen LogP contribution in [-0.4, -0.2) is 55.5 Å². The Balaban J connectivity index is 1.72. The van der Waals surface area contributed by atoms with Crippen molar-refractivity contribution >= 4 is 0 Å². The third-order valence-electron chi connectivity index (χ3n) is 4.20. The minimum absolute atomic E-state index is 0.192. The van der Waals surface area contributed by atoms with Gasteiger partial charge in [-0.2, -0.15) is 0 Å². The van der Waals surface area contributed by atoms with Crippen LogP contribution < -0.4 is 0 Å². The summed E-state index contributed by atoms with van der Waals surface area (Å²) in [5.74, 6) is -1.26. The van der Waals surface area contributed by atoms with Gasteiger partial charge in [0.1, 0.15) is 24.4 Å². The molecule has 0 saturated carbocycles. The average Bonchev–Trinajstić information content (AvgIpc) is 3.00. The summed E-state index contributed by atoms with van der Waals surface area (Å²) in [5.41, 5.74) is 1.21. The molecule has 0 aromatic heterocycles. The van der Waals surface area contributed by atoms with Crippen LogP contribution in [0.2, 0.25) is 0 Å². The lowest BCUT2D eigenvalue weighted by molar-refractivity contribution is -0.235. The zero-order valence-corrected chi connectivity index (χ0v) is 14.8. The van der Waals surface area contributed by atoms with Crippen LogP contribution in [0, 0.1) is 0 Å². The molecule has 0 spiro atoms. The predicted molar refractivity (Wildman–Crippen MR) is 82.8 cm³/mol. The van der Waals surface area contributed by atoms with E-state index in [0.717, 1.165) is 0 Å². The molecule has 0 N–H and O–H groups in total. The van der Waals surface area contributed by atoms with Crippen LogP contribution in [0.15, 0.2) is 11.6 Å². The second-order valence-electron chi connectivity index (χ2n) is 7.52. The van der Waals surface area contributed by atoms with Gasteiger partial charge in [-0.3, -0.25) is 0 Å². The van der Waals surface area contributed by atoms with Gasteiger partial charge in [0.25, 0.3) is 0 Å². The first kappa shape index (κ1) is 17.3. The van der Waals surface area contributed by atoms with Crippen molar-refractivity contribution in [2.24, 2.45) is 0 Å². The summed E-state index contributed by atoms with van der Waals surface area (Å²) in [6.07, 6.45) is 0.643. The fraction of sp³-hybridized carbons (Fsp3) is 0.882. The van der Waals surface area contributed by atoms with Crippen molar-refractivity contribution in [3.05, 3.63) is 11.6 Å². The van der Waals surface area contributed by atoms with Gasteiger partial charge in [0.15, 0.2) is 17.9 Å². The molecule has 3 aliphatic heterocycles. The molecule has 132 valence electrons. The normalized spacial score (nSPS) is 41.0. The van der Waals surface area contributed by atoms with Crippen molar-refractivity contribution in [1.29, 1.82) is 0 Å². The molecular weight excluding hydrogens is 300 g/mol. The molecule has 23 heavy (non-hydrogen) atoms. The van der Waals surface area contributed by atoms with Crippen molar-refractivity contribution in [2.75, 3.05) is 13.2 Å². The van der Waals surface area contributed by atoms with Crippen molar-refractivity contribution in [3.63, 3.8) is 0 Å². The molecule has 3 aliphatic rings. The van der Waals surface area contributed by atoms with Gasteiger partial charge >= 0.3 is 0 Å². The summed E-state index contributed by atoms with van der Waals surface area (Å²) in [7, 11) is 0. The zero-order valence-electron chi connectivity index (χ0n) is 14.8. The van der Waals surface area contributed by atoms with Crippen LogP contribution in [0.1, 0.15) is 41.5 Å². The second-order valence-corrected chi connectivity index (χ2v) is 7.52. The molecule has 3 rings (SSSR count). The van der Waals surface area contributed by atoms with Gasteiger partial charge in [0.05, 0.1) is 13.2 Å². The molecule has 3 fully saturated rings. The Bertz CT molecular complexity index is 468. The Morgan fingerprint density at radius 1 is 1.04 bits per heavy atom. The van der Waals surface area contributed by atoms with Crippen LogP contribution in [0.25, 0.3) is 0 Å². The monoisotopic (exact) mass is 328 g/mol. The first-order valence-corrected chi connectivity index (χ1v) is 8.25. The summed E-state index contributed by atoms with van der Waals surface area (Å²) >= 11 is 0. The molecule has 0 aromatic carbocycles. The molecule has 6 nitrogen and oxygen atoms in total. The van der Waals surface area contributed by atoms with Crippen molar-refractivity contribution < 1.29 is 28.4 Å². The number of ether oxygens (including phenoxy) is 6. The Morgan fingerprint density at radius 3 is 2.39 bits per heavy atom. The zero-order chi connectivity index (χ0) is 16.8. The van der Waals surface area contributed by atoms with Gasteiger partial charge in [-0.1, -0.05) is 11.6 Å². The first-order chi connectivity index (χ1) is 10.7. The van der Waals surface area contributed by atoms with E-state index in [4.69, 9.17) is 28.4 Å². The molecule has 3 heterocycles. The second kappa shape index (κ2) is 6.10. The smallest absolute Gasteiger partial charge is 0.190 e. The quantitative estimate of drug-likeness (QED) is 0.739. The van der Waals surface area contributed by atoms with Gasteiger partial charge in [0.2, 0.25) is 0 Å². The number of fused-ring (bicyclic) bond motifs is 1. The lowest BCUT2D eigenvalue weighted by Crippen LogP contribution is -2.44. The standard InChI is InChI=1S/C17H28O6/c1-10(2)7-8-18-13-12(11-9-19-16(3,4)21-11)20-15-14(13)22-17(5,6)23-15/h7,11-15H,8-9H2,1-6H3/t11-,12+,13-,14+,15+/m0/s1. The van der Waals surface area contributed by atoms with Gasteiger partial charge in [0, 0.05) is 0 Å². The maximum Gasteiger partial charge on any atom is 0.190 e. The van der Waals surface area contributed by atoms with Crippen LogP contribution in [0.5, 0.6) is 0 Å². The van der Waals surface area contributed by atoms with Crippen LogP contribution in [0.4, 0.5) is 0 Å². The highest BCUT2D eigenvalue weighted by Crippen LogP contribution is 2.41. The first-order valence-electron chi connectivity index (χ1n) is 8.25. The molecule has 6 heteroatoms. The number of hydrogen-bond acceptors (Lipinski definition) is 6. The van der Waals surface area contributed by atoms with Gasteiger partial charge in [-0.15, -0.1) is 0 Å². The SMILES string of the molecule is CC(C)=CCO[C@@H]1[C@H]2OC(C)(C)O[C@H]2O[C@@H]1[C@@H]1COC(C)(C)O1. The molecule has 3 saturated heterocycles. The van der Waals surface area contributed by atoms with Crippen molar-refractivity contribution in [2.45, 2.75) is 83.8 Å². The number of hydrogen-bond donors (Lipinski definition) is 0. The largest absolute Gasteiger partial charge is 0.368 e. The molecule has 0 amide bonds. The van der Waals surface area contributed by atoms with E-state index in [1.165, 1.54) is 5.57 Å².